The summed E-state index contributed by atoms with van der Waals surface area (Å²) < 4.78 is 39.7. The number of aliphatic hydroxyl groups excluding tert-OH is 1. The molecule has 1 fully saturated rings. The predicted molar refractivity (Wildman–Crippen MR) is 141 cm³/mol. The van der Waals surface area contributed by atoms with E-state index in [1.54, 1.807) is 18.2 Å². The molecule has 0 saturated carbocycles. The van der Waals surface area contributed by atoms with Crippen LogP contribution in [0.4, 0.5) is 0 Å². The van der Waals surface area contributed by atoms with Crippen molar-refractivity contribution < 1.29 is 22.8 Å². The zero-order chi connectivity index (χ0) is 26.9. The minimum absolute atomic E-state index is 0.00880. The minimum atomic E-state index is -3.50. The van der Waals surface area contributed by atoms with E-state index in [2.05, 4.69) is 20.9 Å². The first-order valence-electron chi connectivity index (χ1n) is 12.8. The summed E-state index contributed by atoms with van der Waals surface area (Å²) in [7, 11) is -3.50. The van der Waals surface area contributed by atoms with Crippen LogP contribution in [0.25, 0.3) is 22.8 Å². The van der Waals surface area contributed by atoms with Crippen molar-refractivity contribution in [2.45, 2.75) is 51.4 Å². The number of nitrogens with zero attached hydrogens (tertiary/aromatic N) is 4. The molecule has 1 saturated heterocycles. The molecule has 0 spiro atoms. The molecular weight excluding hydrogens is 506 g/mol. The van der Waals surface area contributed by atoms with Gasteiger partial charge >= 0.3 is 0 Å². The second-order valence-electron chi connectivity index (χ2n) is 10.1. The lowest BCUT2D eigenvalue weighted by Crippen LogP contribution is -2.35. The van der Waals surface area contributed by atoms with E-state index in [1.807, 2.05) is 36.9 Å². The molecule has 1 aliphatic heterocycles. The lowest BCUT2D eigenvalue weighted by atomic mass is 10.0. The monoisotopic (exact) mass is 537 g/mol. The van der Waals surface area contributed by atoms with E-state index < -0.39 is 10.0 Å². The Morgan fingerprint density at radius 1 is 1.29 bits per heavy atom. The molecule has 38 heavy (non-hydrogen) atoms. The Labute approximate surface area is 222 Å². The number of aromatic nitrogens is 2. The summed E-state index contributed by atoms with van der Waals surface area (Å²) in [6.07, 6.45) is 1.57. The first-order chi connectivity index (χ1) is 18.2. The Morgan fingerprint density at radius 2 is 2.13 bits per heavy atom. The number of hydrogen-bond donors (Lipinski definition) is 2. The van der Waals surface area contributed by atoms with E-state index in [0.717, 1.165) is 16.7 Å². The van der Waals surface area contributed by atoms with E-state index in [4.69, 9.17) is 9.26 Å². The number of nitriles is 1. The highest BCUT2D eigenvalue weighted by Gasteiger charge is 2.30. The van der Waals surface area contributed by atoms with Gasteiger partial charge in [-0.25, -0.2) is 13.1 Å². The number of rotatable bonds is 9. The van der Waals surface area contributed by atoms with Crippen molar-refractivity contribution >= 4 is 10.0 Å². The van der Waals surface area contributed by atoms with Gasteiger partial charge in [0.1, 0.15) is 11.8 Å². The molecule has 2 N–H and O–H groups in total. The maximum atomic E-state index is 12.8. The van der Waals surface area contributed by atoms with Gasteiger partial charge in [-0.15, -0.1) is 0 Å². The average molecular weight is 538 g/mol. The minimum Gasteiger partial charge on any atom is -0.490 e. The summed E-state index contributed by atoms with van der Waals surface area (Å²) in [5.74, 6) is 1.19. The summed E-state index contributed by atoms with van der Waals surface area (Å²) >= 11 is 0. The second-order valence-corrected chi connectivity index (χ2v) is 11.9. The fraction of sp³-hybridized carbons (Fsp3) is 0.444. The third kappa shape index (κ3) is 5.73. The number of ether oxygens (including phenoxy) is 1. The van der Waals surface area contributed by atoms with Crippen molar-refractivity contribution in [2.75, 3.05) is 25.4 Å². The molecule has 5 rings (SSSR count). The van der Waals surface area contributed by atoms with Gasteiger partial charge in [0.2, 0.25) is 15.8 Å². The molecule has 0 unspecified atom stereocenters. The van der Waals surface area contributed by atoms with E-state index in [1.165, 1.54) is 0 Å². The quantitative estimate of drug-likeness (QED) is 0.421. The van der Waals surface area contributed by atoms with E-state index in [0.29, 0.717) is 61.6 Å². The maximum Gasteiger partial charge on any atom is 0.258 e. The number of hydrogen-bond acceptors (Lipinski definition) is 9. The molecule has 11 heteroatoms. The zero-order valence-electron chi connectivity index (χ0n) is 21.4. The molecule has 1 aromatic heterocycles. The van der Waals surface area contributed by atoms with Crippen molar-refractivity contribution in [3.05, 3.63) is 53.1 Å². The second kappa shape index (κ2) is 10.8. The van der Waals surface area contributed by atoms with Crippen LogP contribution in [0.5, 0.6) is 5.75 Å². The van der Waals surface area contributed by atoms with Gasteiger partial charge in [-0.05, 0) is 62.4 Å². The molecule has 0 amide bonds. The normalized spacial score (nSPS) is 19.6. The van der Waals surface area contributed by atoms with Gasteiger partial charge in [-0.1, -0.05) is 23.4 Å². The number of fused-ring (bicyclic) bond motifs is 1. The van der Waals surface area contributed by atoms with Crippen LogP contribution in [-0.2, 0) is 16.4 Å². The number of nitrogens with one attached hydrogen (secondary N) is 1. The Kier molecular flexibility index (Phi) is 7.49. The molecule has 2 aromatic carbocycles. The number of likely N-dealkylation sites (tertiary alicyclic amines) is 1. The van der Waals surface area contributed by atoms with Crippen molar-refractivity contribution in [2.24, 2.45) is 0 Å². The summed E-state index contributed by atoms with van der Waals surface area (Å²) in [6.45, 7) is 5.43. The summed E-state index contributed by atoms with van der Waals surface area (Å²) in [5, 5.41) is 23.4. The molecule has 0 bridgehead atoms. The standard InChI is InChI=1S/C27H31N5O5S/c1-17(2)36-25-9-6-18(14-19(25)15-28)27-29-26(30-37-27)23-5-3-4-22-21(23)7-8-24(22)31-38(34,35)13-12-32-11-10-20(33)16-32/h3-6,9,14,17,20,24,31,33H,7-8,10-13,16H2,1-2H3/t20-,24+/m0/s1. The summed E-state index contributed by atoms with van der Waals surface area (Å²) in [4.78, 5) is 6.56. The van der Waals surface area contributed by atoms with Gasteiger partial charge in [0.15, 0.2) is 0 Å². The smallest absolute Gasteiger partial charge is 0.258 e. The van der Waals surface area contributed by atoms with E-state index in [-0.39, 0.29) is 29.9 Å². The molecule has 3 aromatic rings. The SMILES string of the molecule is CC(C)Oc1ccc(-c2nc(-c3cccc4c3CC[C@H]4NS(=O)(=O)CCN3CC[C@H](O)C3)no2)cc1C#N. The third-order valence-corrected chi connectivity index (χ3v) is 8.26. The van der Waals surface area contributed by atoms with Crippen LogP contribution in [0.1, 0.15) is 49.4 Å². The van der Waals surface area contributed by atoms with Gasteiger partial charge in [0.25, 0.3) is 5.89 Å². The highest BCUT2D eigenvalue weighted by molar-refractivity contribution is 7.89. The lowest BCUT2D eigenvalue weighted by molar-refractivity contribution is 0.178. The average Bonchev–Trinajstić information content (AvgIpc) is 3.63. The number of aliphatic hydroxyl groups is 1. The first-order valence-corrected chi connectivity index (χ1v) is 14.4. The Bertz CT molecular complexity index is 1460. The summed E-state index contributed by atoms with van der Waals surface area (Å²) in [5.41, 5.74) is 3.70. The van der Waals surface area contributed by atoms with Gasteiger partial charge in [-0.2, -0.15) is 10.2 Å². The molecule has 2 aliphatic rings. The zero-order valence-corrected chi connectivity index (χ0v) is 22.2. The maximum absolute atomic E-state index is 12.8. The third-order valence-electron chi connectivity index (χ3n) is 6.89. The Hall–Kier alpha value is -3.30. The fourth-order valence-corrected chi connectivity index (χ4v) is 6.38. The van der Waals surface area contributed by atoms with Crippen molar-refractivity contribution in [3.8, 4) is 34.7 Å². The van der Waals surface area contributed by atoms with Crippen LogP contribution >= 0.6 is 0 Å². The van der Waals surface area contributed by atoms with Crippen molar-refractivity contribution in [1.82, 2.24) is 19.8 Å². The van der Waals surface area contributed by atoms with Crippen molar-refractivity contribution in [3.63, 3.8) is 0 Å². The number of sulfonamides is 1. The van der Waals surface area contributed by atoms with Gasteiger partial charge in [-0.3, -0.25) is 4.90 Å². The van der Waals surface area contributed by atoms with Gasteiger partial charge < -0.3 is 14.4 Å². The highest BCUT2D eigenvalue weighted by Crippen LogP contribution is 2.38. The van der Waals surface area contributed by atoms with Crippen LogP contribution in [0, 0.1) is 11.3 Å². The van der Waals surface area contributed by atoms with Crippen molar-refractivity contribution in [1.29, 1.82) is 5.26 Å². The first kappa shape index (κ1) is 26.3. The molecule has 0 radical (unpaired) electrons. The van der Waals surface area contributed by atoms with Crippen LogP contribution in [-0.4, -0.2) is 66.2 Å². The lowest BCUT2D eigenvalue weighted by Gasteiger charge is -2.18. The Balaban J connectivity index is 1.32. The van der Waals surface area contributed by atoms with Crippen LogP contribution in [0.2, 0.25) is 0 Å². The summed E-state index contributed by atoms with van der Waals surface area (Å²) in [6, 6.07) is 12.7. The predicted octanol–water partition coefficient (Wildman–Crippen LogP) is 3.04. The number of benzene rings is 2. The molecule has 2 heterocycles. The van der Waals surface area contributed by atoms with Gasteiger partial charge in [0, 0.05) is 36.8 Å². The van der Waals surface area contributed by atoms with Crippen LogP contribution in [0.3, 0.4) is 0 Å². The molecule has 1 aliphatic carbocycles. The van der Waals surface area contributed by atoms with E-state index >= 15 is 0 Å². The number of β-amino-alcohol motifs (C(OH)–C–C–N with tert-alkyl or cyclic N) is 1. The topological polar surface area (TPSA) is 142 Å². The van der Waals surface area contributed by atoms with Gasteiger partial charge in [0.05, 0.1) is 23.5 Å². The molecular formula is C27H31N5O5S. The molecule has 200 valence electrons. The molecule has 10 nitrogen and oxygen atoms in total. The largest absolute Gasteiger partial charge is 0.490 e. The highest BCUT2D eigenvalue weighted by atomic mass is 32.2. The van der Waals surface area contributed by atoms with E-state index in [9.17, 15) is 18.8 Å². The fourth-order valence-electron chi connectivity index (χ4n) is 5.08. The van der Waals surface area contributed by atoms with Crippen LogP contribution in [0.15, 0.2) is 40.9 Å². The molecule has 2 atom stereocenters. The van der Waals surface area contributed by atoms with Crippen LogP contribution < -0.4 is 9.46 Å². The Morgan fingerprint density at radius 3 is 2.87 bits per heavy atom.